The number of aromatic nitrogens is 1. The molecule has 0 saturated heterocycles. The summed E-state index contributed by atoms with van der Waals surface area (Å²) in [7, 11) is 1.49. The van der Waals surface area contributed by atoms with Gasteiger partial charge >= 0.3 is 0 Å². The number of nitrogens with zero attached hydrogens (tertiary/aromatic N) is 1. The van der Waals surface area contributed by atoms with Crippen molar-refractivity contribution in [3.8, 4) is 17.0 Å². The highest BCUT2D eigenvalue weighted by Gasteiger charge is 2.13. The maximum Gasteiger partial charge on any atom is 0.243 e. The van der Waals surface area contributed by atoms with Gasteiger partial charge in [0.15, 0.2) is 5.13 Å². The number of carbonyl (C=O) groups excluding carboxylic acids is 3. The molecule has 3 amide bonds. The predicted octanol–water partition coefficient (Wildman–Crippen LogP) is 2.41. The predicted molar refractivity (Wildman–Crippen MR) is 119 cm³/mol. The third-order valence-corrected chi connectivity index (χ3v) is 4.76. The van der Waals surface area contributed by atoms with Crippen LogP contribution in [0.1, 0.15) is 6.42 Å². The van der Waals surface area contributed by atoms with Crippen LogP contribution in [0.25, 0.3) is 11.3 Å². The van der Waals surface area contributed by atoms with E-state index in [9.17, 15) is 14.4 Å². The minimum Gasteiger partial charge on any atom is -0.495 e. The average Bonchev–Trinajstić information content (AvgIpc) is 3.23. The summed E-state index contributed by atoms with van der Waals surface area (Å²) >= 11 is 1.30. The molecule has 3 aromatic rings. The maximum atomic E-state index is 12.0. The highest BCUT2D eigenvalue weighted by Crippen LogP contribution is 2.24. The van der Waals surface area contributed by atoms with Crippen LogP contribution in [0.5, 0.6) is 5.75 Å². The first kappa shape index (κ1) is 21.9. The number of amides is 3. The summed E-state index contributed by atoms with van der Waals surface area (Å²) < 4.78 is 5.14. The molecule has 2 aromatic carbocycles. The molecule has 160 valence electrons. The summed E-state index contributed by atoms with van der Waals surface area (Å²) in [6.07, 6.45) is -0.417. The molecule has 0 aliphatic rings. The van der Waals surface area contributed by atoms with Gasteiger partial charge < -0.3 is 15.4 Å². The summed E-state index contributed by atoms with van der Waals surface area (Å²) in [6.45, 7) is -0.180. The molecule has 0 fully saturated rings. The summed E-state index contributed by atoms with van der Waals surface area (Å²) in [6, 6.07) is 16.5. The van der Waals surface area contributed by atoms with Crippen molar-refractivity contribution in [2.45, 2.75) is 6.42 Å². The normalized spacial score (nSPS) is 10.2. The molecule has 9 nitrogen and oxygen atoms in total. The lowest BCUT2D eigenvalue weighted by Gasteiger charge is -2.10. The largest absolute Gasteiger partial charge is 0.495 e. The van der Waals surface area contributed by atoms with Crippen molar-refractivity contribution in [2.24, 2.45) is 0 Å². The molecular weight excluding hydrogens is 418 g/mol. The molecule has 0 radical (unpaired) electrons. The van der Waals surface area contributed by atoms with Crippen molar-refractivity contribution in [1.82, 2.24) is 15.8 Å². The summed E-state index contributed by atoms with van der Waals surface area (Å²) in [4.78, 5) is 40.3. The first-order valence-corrected chi connectivity index (χ1v) is 10.2. The van der Waals surface area contributed by atoms with Gasteiger partial charge in [-0.25, -0.2) is 10.4 Å². The Kier molecular flexibility index (Phi) is 7.68. The van der Waals surface area contributed by atoms with Crippen LogP contribution in [-0.2, 0) is 14.4 Å². The molecule has 1 heterocycles. The molecule has 0 aliphatic heterocycles. The van der Waals surface area contributed by atoms with Gasteiger partial charge in [0, 0.05) is 10.9 Å². The Hall–Kier alpha value is -3.76. The molecule has 0 atom stereocenters. The number of thiazole rings is 1. The second-order valence-corrected chi connectivity index (χ2v) is 7.14. The lowest BCUT2D eigenvalue weighted by atomic mass is 10.2. The molecule has 31 heavy (non-hydrogen) atoms. The first-order chi connectivity index (χ1) is 15.0. The van der Waals surface area contributed by atoms with E-state index in [2.05, 4.69) is 26.5 Å². The SMILES string of the molecule is COc1ccccc1NC(=O)CC(=O)NNCC(=O)Nc1nc(-c2ccccc2)cs1. The topological polar surface area (TPSA) is 121 Å². The fraction of sp³-hybridized carbons (Fsp3) is 0.143. The number of nitrogens with one attached hydrogen (secondary N) is 4. The Labute approximate surface area is 182 Å². The highest BCUT2D eigenvalue weighted by molar-refractivity contribution is 7.14. The summed E-state index contributed by atoms with van der Waals surface area (Å²) in [5.74, 6) is -0.985. The number of carbonyl (C=O) groups is 3. The van der Waals surface area contributed by atoms with Gasteiger partial charge in [-0.05, 0) is 12.1 Å². The van der Waals surface area contributed by atoms with E-state index in [0.717, 1.165) is 11.3 Å². The van der Waals surface area contributed by atoms with Crippen LogP contribution in [-0.4, -0.2) is 36.4 Å². The zero-order valence-electron chi connectivity index (χ0n) is 16.7. The highest BCUT2D eigenvalue weighted by atomic mass is 32.1. The van der Waals surface area contributed by atoms with Crippen LogP contribution in [0.4, 0.5) is 10.8 Å². The van der Waals surface area contributed by atoms with E-state index >= 15 is 0 Å². The lowest BCUT2D eigenvalue weighted by molar-refractivity contribution is -0.127. The average molecular weight is 439 g/mol. The smallest absolute Gasteiger partial charge is 0.243 e. The molecule has 0 spiro atoms. The monoisotopic (exact) mass is 439 g/mol. The zero-order chi connectivity index (χ0) is 22.1. The number of anilines is 2. The molecule has 0 saturated carbocycles. The molecular formula is C21H21N5O4S. The zero-order valence-corrected chi connectivity index (χ0v) is 17.5. The van der Waals surface area contributed by atoms with E-state index in [1.807, 2.05) is 35.7 Å². The van der Waals surface area contributed by atoms with Crippen LogP contribution in [0.3, 0.4) is 0 Å². The number of ether oxygens (including phenoxy) is 1. The van der Waals surface area contributed by atoms with Crippen molar-refractivity contribution in [1.29, 1.82) is 0 Å². The van der Waals surface area contributed by atoms with Gasteiger partial charge in [-0.1, -0.05) is 42.5 Å². The Morgan fingerprint density at radius 2 is 1.68 bits per heavy atom. The minimum atomic E-state index is -0.583. The van der Waals surface area contributed by atoms with Gasteiger partial charge in [-0.3, -0.25) is 19.8 Å². The van der Waals surface area contributed by atoms with Gasteiger partial charge in [0.2, 0.25) is 17.7 Å². The van der Waals surface area contributed by atoms with Crippen LogP contribution in [0.2, 0.25) is 0 Å². The van der Waals surface area contributed by atoms with E-state index in [-0.39, 0.29) is 12.5 Å². The molecule has 3 rings (SSSR count). The van der Waals surface area contributed by atoms with E-state index in [1.54, 1.807) is 24.3 Å². The second-order valence-electron chi connectivity index (χ2n) is 6.28. The van der Waals surface area contributed by atoms with Crippen molar-refractivity contribution < 1.29 is 19.1 Å². The number of rotatable bonds is 9. The van der Waals surface area contributed by atoms with Gasteiger partial charge in [-0.2, -0.15) is 0 Å². The Morgan fingerprint density at radius 3 is 2.45 bits per heavy atom. The third kappa shape index (κ3) is 6.63. The maximum absolute atomic E-state index is 12.0. The Morgan fingerprint density at radius 1 is 0.935 bits per heavy atom. The molecule has 4 N–H and O–H groups in total. The van der Waals surface area contributed by atoms with Crippen molar-refractivity contribution in [3.05, 3.63) is 60.0 Å². The minimum absolute atomic E-state index is 0.180. The second kappa shape index (κ2) is 10.9. The standard InChI is InChI=1S/C21H21N5O4S/c1-30-17-10-6-5-9-15(17)23-18(27)11-19(28)26-22-12-20(29)25-21-24-16(13-31-21)14-7-3-2-4-8-14/h2-10,13,22H,11-12H2,1H3,(H,23,27)(H,26,28)(H,24,25,29). The van der Waals surface area contributed by atoms with Crippen molar-refractivity contribution in [2.75, 3.05) is 24.3 Å². The molecule has 0 unspecified atom stereocenters. The van der Waals surface area contributed by atoms with Crippen LogP contribution >= 0.6 is 11.3 Å². The number of hydrogen-bond acceptors (Lipinski definition) is 7. The van der Waals surface area contributed by atoms with Crippen molar-refractivity contribution in [3.63, 3.8) is 0 Å². The number of hydrazine groups is 1. The van der Waals surface area contributed by atoms with Crippen molar-refractivity contribution >= 4 is 39.9 Å². The van der Waals surface area contributed by atoms with E-state index in [4.69, 9.17) is 4.74 Å². The number of para-hydroxylation sites is 2. The van der Waals surface area contributed by atoms with Crippen LogP contribution in [0.15, 0.2) is 60.0 Å². The van der Waals surface area contributed by atoms with Gasteiger partial charge in [0.05, 0.1) is 25.0 Å². The van der Waals surface area contributed by atoms with E-state index in [1.165, 1.54) is 18.4 Å². The van der Waals surface area contributed by atoms with Gasteiger partial charge in [0.25, 0.3) is 0 Å². The molecule has 0 bridgehead atoms. The molecule has 0 aliphatic carbocycles. The number of benzene rings is 2. The molecule has 1 aromatic heterocycles. The number of methoxy groups -OCH3 is 1. The van der Waals surface area contributed by atoms with Gasteiger partial charge in [-0.15, -0.1) is 11.3 Å². The fourth-order valence-electron chi connectivity index (χ4n) is 2.59. The Balaban J connectivity index is 1.39. The van der Waals surface area contributed by atoms with Crippen LogP contribution in [0, 0.1) is 0 Å². The third-order valence-electron chi connectivity index (χ3n) is 4.00. The van der Waals surface area contributed by atoms with Crippen LogP contribution < -0.4 is 26.2 Å². The van der Waals surface area contributed by atoms with E-state index in [0.29, 0.717) is 16.6 Å². The fourth-order valence-corrected chi connectivity index (χ4v) is 3.33. The van der Waals surface area contributed by atoms with Gasteiger partial charge in [0.1, 0.15) is 12.2 Å². The quantitative estimate of drug-likeness (QED) is 0.300. The summed E-state index contributed by atoms with van der Waals surface area (Å²) in [5, 5.41) is 7.55. The summed E-state index contributed by atoms with van der Waals surface area (Å²) in [5.41, 5.74) is 7.00. The first-order valence-electron chi connectivity index (χ1n) is 9.30. The van der Waals surface area contributed by atoms with E-state index < -0.39 is 18.2 Å². The number of hydrogen-bond donors (Lipinski definition) is 4. The lowest BCUT2D eigenvalue weighted by Crippen LogP contribution is -2.43. The molecule has 10 heteroatoms. The Bertz CT molecular complexity index is 1050.